The molecule has 0 spiro atoms. The number of aryl methyl sites for hydroxylation is 1. The minimum atomic E-state index is -0.0384. The summed E-state index contributed by atoms with van der Waals surface area (Å²) in [7, 11) is 0. The van der Waals surface area contributed by atoms with Gasteiger partial charge in [-0.15, -0.1) is 0 Å². The first kappa shape index (κ1) is 13.8. The van der Waals surface area contributed by atoms with E-state index in [2.05, 4.69) is 31.0 Å². The number of nitrogens with zero attached hydrogens (tertiary/aromatic N) is 1. The van der Waals surface area contributed by atoms with Crippen LogP contribution in [-0.2, 0) is 0 Å². The Bertz CT molecular complexity index is 564. The van der Waals surface area contributed by atoms with Gasteiger partial charge in [0.2, 0.25) is 0 Å². The van der Waals surface area contributed by atoms with E-state index < -0.39 is 0 Å². The van der Waals surface area contributed by atoms with Crippen molar-refractivity contribution in [1.29, 1.82) is 0 Å². The van der Waals surface area contributed by atoms with Crippen LogP contribution in [0.2, 0.25) is 0 Å². The van der Waals surface area contributed by atoms with E-state index in [9.17, 15) is 0 Å². The predicted octanol–water partition coefficient (Wildman–Crippen LogP) is 3.74. The fourth-order valence-corrected chi connectivity index (χ4v) is 2.06. The van der Waals surface area contributed by atoms with Crippen molar-refractivity contribution in [2.75, 3.05) is 6.61 Å². The van der Waals surface area contributed by atoms with E-state index in [4.69, 9.17) is 10.5 Å². The van der Waals surface area contributed by atoms with Gasteiger partial charge in [0, 0.05) is 11.4 Å². The molecule has 0 aliphatic carbocycles. The fourth-order valence-electron chi connectivity index (χ4n) is 2.06. The van der Waals surface area contributed by atoms with E-state index >= 15 is 0 Å². The summed E-state index contributed by atoms with van der Waals surface area (Å²) in [6, 6.07) is 8.08. The molecule has 0 fully saturated rings. The van der Waals surface area contributed by atoms with Gasteiger partial charge in [-0.2, -0.15) is 0 Å². The van der Waals surface area contributed by atoms with E-state index in [0.29, 0.717) is 0 Å². The Morgan fingerprint density at radius 3 is 2.79 bits per heavy atom. The molecule has 3 nitrogen and oxygen atoms in total. The van der Waals surface area contributed by atoms with Crippen LogP contribution in [0.4, 0.5) is 0 Å². The molecule has 1 unspecified atom stereocenters. The second-order valence-electron chi connectivity index (χ2n) is 5.03. The highest BCUT2D eigenvalue weighted by Gasteiger charge is 2.07. The molecule has 1 atom stereocenters. The summed E-state index contributed by atoms with van der Waals surface area (Å²) >= 11 is 0. The highest BCUT2D eigenvalue weighted by molar-refractivity contribution is 5.83. The van der Waals surface area contributed by atoms with Crippen molar-refractivity contribution in [2.24, 2.45) is 5.73 Å². The van der Waals surface area contributed by atoms with Crippen LogP contribution in [-0.4, -0.2) is 11.6 Å². The van der Waals surface area contributed by atoms with Crippen LogP contribution in [0.15, 0.2) is 24.3 Å². The smallest absolute Gasteiger partial charge is 0.120 e. The van der Waals surface area contributed by atoms with Crippen LogP contribution in [0.5, 0.6) is 5.75 Å². The van der Waals surface area contributed by atoms with Crippen LogP contribution in [0.1, 0.15) is 44.0 Å². The third kappa shape index (κ3) is 3.24. The van der Waals surface area contributed by atoms with E-state index in [1.807, 2.05) is 19.1 Å². The molecule has 1 aromatic carbocycles. The predicted molar refractivity (Wildman–Crippen MR) is 79.5 cm³/mol. The molecule has 3 heteroatoms. The number of hydrogen-bond acceptors (Lipinski definition) is 3. The van der Waals surface area contributed by atoms with Gasteiger partial charge in [0.15, 0.2) is 0 Å². The van der Waals surface area contributed by atoms with Gasteiger partial charge >= 0.3 is 0 Å². The molecule has 0 amide bonds. The molecule has 102 valence electrons. The molecule has 0 aliphatic heterocycles. The third-order valence-corrected chi connectivity index (χ3v) is 3.24. The molecule has 0 radical (unpaired) electrons. The Balaban J connectivity index is 2.32. The summed E-state index contributed by atoms with van der Waals surface area (Å²) in [5.41, 5.74) is 9.01. The highest BCUT2D eigenvalue weighted by atomic mass is 16.5. The van der Waals surface area contributed by atoms with Crippen LogP contribution in [0.3, 0.4) is 0 Å². The fraction of sp³-hybridized carbons (Fsp3) is 0.438. The van der Waals surface area contributed by atoms with Crippen molar-refractivity contribution < 1.29 is 4.74 Å². The number of hydrogen-bond donors (Lipinski definition) is 1. The number of fused-ring (bicyclic) bond motifs is 1. The standard InChI is InChI=1S/C16H22N2O/c1-4-5-8-19-13-6-7-15-14(10-13)11(2)9-16(18-15)12(3)17/h6-7,9-10,12H,4-5,8,17H2,1-3H3. The Kier molecular flexibility index (Phi) is 4.38. The first-order valence-corrected chi connectivity index (χ1v) is 6.91. The van der Waals surface area contributed by atoms with Gasteiger partial charge < -0.3 is 10.5 Å². The van der Waals surface area contributed by atoms with Gasteiger partial charge in [-0.3, -0.25) is 4.98 Å². The van der Waals surface area contributed by atoms with Gasteiger partial charge in [-0.25, -0.2) is 0 Å². The number of unbranched alkanes of at least 4 members (excludes halogenated alkanes) is 1. The molecule has 1 heterocycles. The molecule has 0 saturated heterocycles. The molecule has 19 heavy (non-hydrogen) atoms. The van der Waals surface area contributed by atoms with Crippen molar-refractivity contribution in [2.45, 2.75) is 39.7 Å². The van der Waals surface area contributed by atoms with E-state index in [0.717, 1.165) is 41.8 Å². The quantitative estimate of drug-likeness (QED) is 0.831. The monoisotopic (exact) mass is 258 g/mol. The third-order valence-electron chi connectivity index (χ3n) is 3.24. The number of benzene rings is 1. The van der Waals surface area contributed by atoms with Crippen molar-refractivity contribution in [3.63, 3.8) is 0 Å². The van der Waals surface area contributed by atoms with Gasteiger partial charge in [0.05, 0.1) is 17.8 Å². The number of rotatable bonds is 5. The SMILES string of the molecule is CCCCOc1ccc2nc(C(C)N)cc(C)c2c1. The number of pyridine rings is 1. The molecule has 2 rings (SSSR count). The summed E-state index contributed by atoms with van der Waals surface area (Å²) in [6.07, 6.45) is 2.23. The Labute approximate surface area is 114 Å². The molecule has 2 aromatic rings. The van der Waals surface area contributed by atoms with Gasteiger partial charge in [-0.1, -0.05) is 13.3 Å². The molecular weight excluding hydrogens is 236 g/mol. The Hall–Kier alpha value is -1.61. The molecule has 0 aliphatic rings. The van der Waals surface area contributed by atoms with E-state index in [1.54, 1.807) is 0 Å². The second kappa shape index (κ2) is 6.02. The average molecular weight is 258 g/mol. The van der Waals surface area contributed by atoms with Crippen molar-refractivity contribution in [3.05, 3.63) is 35.5 Å². The number of nitrogens with two attached hydrogens (primary N) is 1. The van der Waals surface area contributed by atoms with Crippen molar-refractivity contribution in [1.82, 2.24) is 4.98 Å². The first-order valence-electron chi connectivity index (χ1n) is 6.91. The number of ether oxygens (including phenoxy) is 1. The van der Waals surface area contributed by atoms with Crippen molar-refractivity contribution in [3.8, 4) is 5.75 Å². The minimum Gasteiger partial charge on any atom is -0.494 e. The van der Waals surface area contributed by atoms with Crippen LogP contribution < -0.4 is 10.5 Å². The lowest BCUT2D eigenvalue weighted by Gasteiger charge is -2.11. The second-order valence-corrected chi connectivity index (χ2v) is 5.03. The van der Waals surface area contributed by atoms with E-state index in [-0.39, 0.29) is 6.04 Å². The van der Waals surface area contributed by atoms with Gasteiger partial charge in [-0.05, 0) is 50.1 Å². The zero-order valence-electron chi connectivity index (χ0n) is 11.9. The zero-order valence-corrected chi connectivity index (χ0v) is 11.9. The lowest BCUT2D eigenvalue weighted by molar-refractivity contribution is 0.310. The zero-order chi connectivity index (χ0) is 13.8. The summed E-state index contributed by atoms with van der Waals surface area (Å²) in [5, 5.41) is 1.14. The minimum absolute atomic E-state index is 0.0384. The lowest BCUT2D eigenvalue weighted by atomic mass is 10.1. The topological polar surface area (TPSA) is 48.1 Å². The summed E-state index contributed by atoms with van der Waals surface area (Å²) in [4.78, 5) is 4.59. The highest BCUT2D eigenvalue weighted by Crippen LogP contribution is 2.24. The summed E-state index contributed by atoms with van der Waals surface area (Å²) in [6.45, 7) is 6.97. The molecule has 2 N–H and O–H groups in total. The normalized spacial score (nSPS) is 12.6. The maximum Gasteiger partial charge on any atom is 0.120 e. The summed E-state index contributed by atoms with van der Waals surface area (Å²) < 4.78 is 5.73. The van der Waals surface area contributed by atoms with Gasteiger partial charge in [0.25, 0.3) is 0 Å². The molecule has 1 aromatic heterocycles. The lowest BCUT2D eigenvalue weighted by Crippen LogP contribution is -2.07. The molecule has 0 saturated carbocycles. The maximum atomic E-state index is 5.90. The van der Waals surface area contributed by atoms with Crippen LogP contribution in [0, 0.1) is 6.92 Å². The van der Waals surface area contributed by atoms with Crippen LogP contribution >= 0.6 is 0 Å². The Morgan fingerprint density at radius 1 is 1.32 bits per heavy atom. The van der Waals surface area contributed by atoms with E-state index in [1.165, 1.54) is 5.56 Å². The Morgan fingerprint density at radius 2 is 2.11 bits per heavy atom. The first-order chi connectivity index (χ1) is 9.11. The maximum absolute atomic E-state index is 5.90. The van der Waals surface area contributed by atoms with Crippen molar-refractivity contribution >= 4 is 10.9 Å². The molecule has 0 bridgehead atoms. The largest absolute Gasteiger partial charge is 0.494 e. The van der Waals surface area contributed by atoms with Crippen LogP contribution in [0.25, 0.3) is 10.9 Å². The molecular formula is C16H22N2O. The van der Waals surface area contributed by atoms with Gasteiger partial charge in [0.1, 0.15) is 5.75 Å². The number of aromatic nitrogens is 1. The average Bonchev–Trinajstić information content (AvgIpc) is 2.39. The summed E-state index contributed by atoms with van der Waals surface area (Å²) in [5.74, 6) is 0.916.